The minimum absolute atomic E-state index is 0.0276. The molecule has 2 aromatic heterocycles. The molecule has 1 aliphatic heterocycles. The third-order valence-corrected chi connectivity index (χ3v) is 4.35. The third kappa shape index (κ3) is 4.07. The molecule has 0 aromatic carbocycles. The molecule has 3 heterocycles. The molecule has 6 nitrogen and oxygen atoms in total. The van der Waals surface area contributed by atoms with Gasteiger partial charge in [-0.05, 0) is 43.4 Å². The van der Waals surface area contributed by atoms with Gasteiger partial charge in [-0.3, -0.25) is 9.78 Å². The Labute approximate surface area is 142 Å². The van der Waals surface area contributed by atoms with Crippen molar-refractivity contribution in [2.75, 3.05) is 24.5 Å². The first-order valence-corrected chi connectivity index (χ1v) is 8.51. The first kappa shape index (κ1) is 16.4. The molecule has 1 N–H and O–H groups in total. The molecular formula is C18H23N5O. The van der Waals surface area contributed by atoms with E-state index in [2.05, 4.69) is 25.2 Å². The summed E-state index contributed by atoms with van der Waals surface area (Å²) in [5.41, 5.74) is 1.62. The summed E-state index contributed by atoms with van der Waals surface area (Å²) in [7, 11) is 0. The molecule has 6 heteroatoms. The highest BCUT2D eigenvalue weighted by Gasteiger charge is 2.22. The van der Waals surface area contributed by atoms with E-state index in [4.69, 9.17) is 0 Å². The van der Waals surface area contributed by atoms with Crippen molar-refractivity contribution in [1.82, 2.24) is 20.3 Å². The van der Waals surface area contributed by atoms with Gasteiger partial charge in [-0.1, -0.05) is 6.92 Å². The third-order valence-electron chi connectivity index (χ3n) is 4.35. The molecule has 0 unspecified atom stereocenters. The Morgan fingerprint density at radius 1 is 1.29 bits per heavy atom. The van der Waals surface area contributed by atoms with E-state index >= 15 is 0 Å². The number of carbonyl (C=O) groups excluding carboxylic acids is 1. The summed E-state index contributed by atoms with van der Waals surface area (Å²) < 4.78 is 0. The van der Waals surface area contributed by atoms with Crippen LogP contribution >= 0.6 is 0 Å². The number of nitrogens with zero attached hydrogens (tertiary/aromatic N) is 4. The van der Waals surface area contributed by atoms with E-state index in [1.54, 1.807) is 24.7 Å². The van der Waals surface area contributed by atoms with Gasteiger partial charge in [-0.25, -0.2) is 9.97 Å². The highest BCUT2D eigenvalue weighted by Crippen LogP contribution is 2.19. The number of aromatic nitrogens is 3. The Morgan fingerprint density at radius 2 is 2.12 bits per heavy atom. The van der Waals surface area contributed by atoms with Crippen LogP contribution in [0, 0.1) is 5.92 Å². The summed E-state index contributed by atoms with van der Waals surface area (Å²) in [6.07, 6.45) is 8.26. The number of hydrogen-bond donors (Lipinski definition) is 1. The molecule has 1 aliphatic rings. The fourth-order valence-electron chi connectivity index (χ4n) is 3.02. The van der Waals surface area contributed by atoms with Crippen molar-refractivity contribution in [2.45, 2.75) is 26.2 Å². The van der Waals surface area contributed by atoms with Crippen LogP contribution in [0.1, 0.15) is 35.8 Å². The maximum atomic E-state index is 12.3. The van der Waals surface area contributed by atoms with Gasteiger partial charge in [0, 0.05) is 49.5 Å². The van der Waals surface area contributed by atoms with Crippen molar-refractivity contribution in [2.24, 2.45) is 5.92 Å². The van der Waals surface area contributed by atoms with Crippen LogP contribution in [0.2, 0.25) is 0 Å². The topological polar surface area (TPSA) is 71.0 Å². The predicted molar refractivity (Wildman–Crippen MR) is 92.9 cm³/mol. The van der Waals surface area contributed by atoms with Crippen LogP contribution in [0.15, 0.2) is 36.8 Å². The lowest BCUT2D eigenvalue weighted by molar-refractivity contribution is 0.0945. The van der Waals surface area contributed by atoms with Crippen LogP contribution in [-0.2, 0) is 6.42 Å². The SMILES string of the molecule is CCc1cc(C(=O)NC[C@@H]2CCCN(c3ncccn3)C2)ccn1. The number of amides is 1. The first-order valence-electron chi connectivity index (χ1n) is 8.51. The molecule has 0 spiro atoms. The summed E-state index contributed by atoms with van der Waals surface area (Å²) in [6, 6.07) is 5.45. The number of pyridine rings is 1. The molecule has 1 saturated heterocycles. The predicted octanol–water partition coefficient (Wildman–Crippen LogP) is 2.08. The van der Waals surface area contributed by atoms with Crippen molar-refractivity contribution in [3.8, 4) is 0 Å². The normalized spacial score (nSPS) is 17.5. The van der Waals surface area contributed by atoms with Crippen molar-refractivity contribution >= 4 is 11.9 Å². The van der Waals surface area contributed by atoms with Crippen molar-refractivity contribution in [3.63, 3.8) is 0 Å². The molecule has 1 amide bonds. The minimum Gasteiger partial charge on any atom is -0.352 e. The van der Waals surface area contributed by atoms with E-state index in [1.165, 1.54) is 0 Å². The van der Waals surface area contributed by atoms with Gasteiger partial charge in [0.25, 0.3) is 5.91 Å². The molecule has 24 heavy (non-hydrogen) atoms. The Bertz CT molecular complexity index is 676. The number of rotatable bonds is 5. The fraction of sp³-hybridized carbons (Fsp3) is 0.444. The van der Waals surface area contributed by atoms with Crippen molar-refractivity contribution in [3.05, 3.63) is 48.0 Å². The summed E-state index contributed by atoms with van der Waals surface area (Å²) >= 11 is 0. The first-order chi connectivity index (χ1) is 11.8. The molecular weight excluding hydrogens is 302 g/mol. The molecule has 126 valence electrons. The maximum Gasteiger partial charge on any atom is 0.251 e. The van der Waals surface area contributed by atoms with E-state index in [1.807, 2.05) is 19.1 Å². The summed E-state index contributed by atoms with van der Waals surface area (Å²) in [6.45, 7) is 4.55. The van der Waals surface area contributed by atoms with Crippen LogP contribution in [0.3, 0.4) is 0 Å². The largest absolute Gasteiger partial charge is 0.352 e. The standard InChI is InChI=1S/C18H23N5O/c1-2-16-11-15(6-9-19-16)17(24)22-12-14-5-3-10-23(13-14)18-20-7-4-8-21-18/h4,6-9,11,14H,2-3,5,10,12-13H2,1H3,(H,22,24)/t14-/m0/s1. The van der Waals surface area contributed by atoms with Gasteiger partial charge in [-0.2, -0.15) is 0 Å². The second-order valence-corrected chi connectivity index (χ2v) is 6.10. The number of hydrogen-bond acceptors (Lipinski definition) is 5. The second-order valence-electron chi connectivity index (χ2n) is 6.10. The quantitative estimate of drug-likeness (QED) is 0.911. The van der Waals surface area contributed by atoms with Crippen molar-refractivity contribution < 1.29 is 4.79 Å². The fourth-order valence-corrected chi connectivity index (χ4v) is 3.02. The number of anilines is 1. The smallest absolute Gasteiger partial charge is 0.251 e. The second kappa shape index (κ2) is 7.86. The van der Waals surface area contributed by atoms with E-state index < -0.39 is 0 Å². The Morgan fingerprint density at radius 3 is 2.92 bits per heavy atom. The van der Waals surface area contributed by atoms with Gasteiger partial charge in [0.15, 0.2) is 0 Å². The number of carbonyl (C=O) groups is 1. The van der Waals surface area contributed by atoms with E-state index in [0.717, 1.165) is 44.0 Å². The van der Waals surface area contributed by atoms with Gasteiger partial charge >= 0.3 is 0 Å². The van der Waals surface area contributed by atoms with E-state index in [0.29, 0.717) is 18.0 Å². The molecule has 0 saturated carbocycles. The molecule has 1 atom stereocenters. The van der Waals surface area contributed by atoms with Crippen molar-refractivity contribution in [1.29, 1.82) is 0 Å². The average molecular weight is 325 g/mol. The molecule has 0 aliphatic carbocycles. The minimum atomic E-state index is -0.0276. The Hall–Kier alpha value is -2.50. The lowest BCUT2D eigenvalue weighted by Crippen LogP contribution is -2.41. The molecule has 3 rings (SSSR count). The molecule has 0 radical (unpaired) electrons. The highest BCUT2D eigenvalue weighted by molar-refractivity contribution is 5.94. The Balaban J connectivity index is 1.55. The lowest BCUT2D eigenvalue weighted by Gasteiger charge is -2.32. The Kier molecular flexibility index (Phi) is 5.36. The average Bonchev–Trinajstić information content (AvgIpc) is 2.67. The lowest BCUT2D eigenvalue weighted by atomic mass is 9.98. The number of aryl methyl sites for hydroxylation is 1. The number of piperidine rings is 1. The van der Waals surface area contributed by atoms with Crippen LogP contribution in [-0.4, -0.2) is 40.5 Å². The van der Waals surface area contributed by atoms with Gasteiger partial charge in [0.1, 0.15) is 0 Å². The molecule has 2 aromatic rings. The number of nitrogens with one attached hydrogen (secondary N) is 1. The van der Waals surface area contributed by atoms with E-state index in [9.17, 15) is 4.79 Å². The van der Waals surface area contributed by atoms with Crippen LogP contribution in [0.4, 0.5) is 5.95 Å². The zero-order valence-corrected chi connectivity index (χ0v) is 14.0. The van der Waals surface area contributed by atoms with Gasteiger partial charge < -0.3 is 10.2 Å². The maximum absolute atomic E-state index is 12.3. The zero-order valence-electron chi connectivity index (χ0n) is 14.0. The van der Waals surface area contributed by atoms with Crippen LogP contribution in [0.25, 0.3) is 0 Å². The highest BCUT2D eigenvalue weighted by atomic mass is 16.1. The monoisotopic (exact) mass is 325 g/mol. The van der Waals surface area contributed by atoms with Crippen LogP contribution < -0.4 is 10.2 Å². The molecule has 0 bridgehead atoms. The summed E-state index contributed by atoms with van der Waals surface area (Å²) in [5.74, 6) is 1.16. The molecule has 1 fully saturated rings. The van der Waals surface area contributed by atoms with Gasteiger partial charge in [0.2, 0.25) is 5.95 Å². The van der Waals surface area contributed by atoms with E-state index in [-0.39, 0.29) is 5.91 Å². The summed E-state index contributed by atoms with van der Waals surface area (Å²) in [5, 5.41) is 3.06. The van der Waals surface area contributed by atoms with Gasteiger partial charge in [0.05, 0.1) is 0 Å². The van der Waals surface area contributed by atoms with Gasteiger partial charge in [-0.15, -0.1) is 0 Å². The van der Waals surface area contributed by atoms with Crippen LogP contribution in [0.5, 0.6) is 0 Å². The summed E-state index contributed by atoms with van der Waals surface area (Å²) in [4.78, 5) is 27.4. The zero-order chi connectivity index (χ0) is 16.8.